The van der Waals surface area contributed by atoms with Gasteiger partial charge in [-0.25, -0.2) is 4.98 Å². The molecule has 0 radical (unpaired) electrons. The number of ether oxygens (including phenoxy) is 2. The number of carbonyl (C=O) groups excluding carboxylic acids is 1. The number of methoxy groups -OCH3 is 2. The van der Waals surface area contributed by atoms with Crippen LogP contribution in [0.4, 0.5) is 5.69 Å². The molecule has 0 bridgehead atoms. The number of aromatic nitrogens is 1. The van der Waals surface area contributed by atoms with Crippen molar-refractivity contribution in [3.8, 4) is 17.6 Å². The van der Waals surface area contributed by atoms with E-state index in [1.54, 1.807) is 38.5 Å². The van der Waals surface area contributed by atoms with Crippen LogP contribution in [0.15, 0.2) is 35.4 Å². The zero-order valence-electron chi connectivity index (χ0n) is 16.6. The second-order valence-corrected chi connectivity index (χ2v) is 7.28. The van der Waals surface area contributed by atoms with Crippen molar-refractivity contribution in [2.75, 3.05) is 19.5 Å². The number of nitrogens with zero attached hydrogens (tertiary/aromatic N) is 2. The van der Waals surface area contributed by atoms with Crippen molar-refractivity contribution in [2.24, 2.45) is 0 Å². The number of benzene rings is 1. The van der Waals surface area contributed by atoms with E-state index in [1.807, 2.05) is 13.0 Å². The van der Waals surface area contributed by atoms with E-state index >= 15 is 0 Å². The van der Waals surface area contributed by atoms with Crippen LogP contribution >= 0.6 is 11.8 Å². The Balaban J connectivity index is 2.21. The third-order valence-corrected chi connectivity index (χ3v) is 5.49. The predicted octanol–water partition coefficient (Wildman–Crippen LogP) is 4.43. The fourth-order valence-electron chi connectivity index (χ4n) is 2.62. The maximum atomic E-state index is 12.9. The highest BCUT2D eigenvalue weighted by atomic mass is 32.2. The summed E-state index contributed by atoms with van der Waals surface area (Å²) >= 11 is 1.32. The van der Waals surface area contributed by atoms with Crippen LogP contribution in [0, 0.1) is 11.3 Å². The number of anilines is 1. The minimum absolute atomic E-state index is 0.164. The van der Waals surface area contributed by atoms with Gasteiger partial charge in [0, 0.05) is 11.8 Å². The highest BCUT2D eigenvalue weighted by Crippen LogP contribution is 2.32. The van der Waals surface area contributed by atoms with E-state index < -0.39 is 0 Å². The van der Waals surface area contributed by atoms with Crippen LogP contribution in [0.3, 0.4) is 0 Å². The first-order chi connectivity index (χ1) is 13.6. The molecule has 2 rings (SSSR count). The zero-order valence-corrected chi connectivity index (χ0v) is 17.4. The number of aryl methyl sites for hydroxylation is 1. The van der Waals surface area contributed by atoms with Crippen molar-refractivity contribution in [1.82, 2.24) is 4.98 Å². The first kappa shape index (κ1) is 21.6. The topological polar surface area (TPSA) is 84.2 Å². The molecule has 0 spiro atoms. The maximum Gasteiger partial charge on any atom is 0.238 e. The van der Waals surface area contributed by atoms with E-state index in [0.717, 1.165) is 18.5 Å². The average Bonchev–Trinajstić information content (AvgIpc) is 2.72. The number of pyridine rings is 1. The Kier molecular flexibility index (Phi) is 8.15. The Morgan fingerprint density at radius 3 is 2.64 bits per heavy atom. The van der Waals surface area contributed by atoms with Crippen molar-refractivity contribution < 1.29 is 14.3 Å². The summed E-state index contributed by atoms with van der Waals surface area (Å²) in [6.45, 7) is 4.02. The number of hydrogen-bond acceptors (Lipinski definition) is 6. The summed E-state index contributed by atoms with van der Waals surface area (Å²) in [6, 6.07) is 11.0. The molecule has 1 atom stereocenters. The smallest absolute Gasteiger partial charge is 0.238 e. The largest absolute Gasteiger partial charge is 0.497 e. The second-order valence-electron chi connectivity index (χ2n) is 6.09. The van der Waals surface area contributed by atoms with Gasteiger partial charge >= 0.3 is 0 Å². The normalized spacial score (nSPS) is 11.4. The number of carbonyl (C=O) groups is 1. The Morgan fingerprint density at radius 1 is 1.25 bits per heavy atom. The molecule has 148 valence electrons. The molecule has 0 aliphatic rings. The third kappa shape index (κ3) is 5.40. The summed E-state index contributed by atoms with van der Waals surface area (Å²) in [5, 5.41) is 12.5. The van der Waals surface area contributed by atoms with Crippen LogP contribution in [0.1, 0.15) is 37.9 Å². The molecule has 0 aliphatic carbocycles. The standard InChI is InChI=1S/C21H25N3O3S/c1-5-7-15-9-8-14(13-22)21(23-15)28-19(6-2)20(25)24-17-11-10-16(26-3)12-18(17)27-4/h8-12,19H,5-7H2,1-4H3,(H,24,25). The molecule has 28 heavy (non-hydrogen) atoms. The first-order valence-corrected chi connectivity index (χ1v) is 10.0. The van der Waals surface area contributed by atoms with Crippen LogP contribution in [-0.4, -0.2) is 30.4 Å². The van der Waals surface area contributed by atoms with Crippen LogP contribution in [-0.2, 0) is 11.2 Å². The maximum absolute atomic E-state index is 12.9. The van der Waals surface area contributed by atoms with Crippen molar-refractivity contribution in [3.05, 3.63) is 41.6 Å². The van der Waals surface area contributed by atoms with Gasteiger partial charge in [0.25, 0.3) is 0 Å². The fraction of sp³-hybridized carbons (Fsp3) is 0.381. The number of thioether (sulfide) groups is 1. The Hall–Kier alpha value is -2.72. The van der Waals surface area contributed by atoms with Crippen LogP contribution < -0.4 is 14.8 Å². The minimum Gasteiger partial charge on any atom is -0.497 e. The van der Waals surface area contributed by atoms with Crippen molar-refractivity contribution in [1.29, 1.82) is 5.26 Å². The zero-order chi connectivity index (χ0) is 20.5. The summed E-state index contributed by atoms with van der Waals surface area (Å²) in [5.41, 5.74) is 1.98. The summed E-state index contributed by atoms with van der Waals surface area (Å²) in [4.78, 5) is 17.4. The molecule has 6 nitrogen and oxygen atoms in total. The predicted molar refractivity (Wildman–Crippen MR) is 111 cm³/mol. The SMILES string of the molecule is CCCc1ccc(C#N)c(SC(CC)C(=O)Nc2ccc(OC)cc2OC)n1. The van der Waals surface area contributed by atoms with Gasteiger partial charge < -0.3 is 14.8 Å². The number of amides is 1. The second kappa shape index (κ2) is 10.6. The van der Waals surface area contributed by atoms with Gasteiger partial charge in [-0.1, -0.05) is 32.0 Å². The molecule has 1 amide bonds. The average molecular weight is 400 g/mol. The van der Waals surface area contributed by atoms with Crippen LogP contribution in [0.25, 0.3) is 0 Å². The highest BCUT2D eigenvalue weighted by molar-refractivity contribution is 8.00. The summed E-state index contributed by atoms with van der Waals surface area (Å²) in [7, 11) is 3.11. The van der Waals surface area contributed by atoms with Gasteiger partial charge in [0.1, 0.15) is 22.6 Å². The molecule has 1 aromatic carbocycles. The molecular formula is C21H25N3O3S. The van der Waals surface area contributed by atoms with Gasteiger partial charge in [0.15, 0.2) is 0 Å². The lowest BCUT2D eigenvalue weighted by Gasteiger charge is -2.17. The number of rotatable bonds is 9. The van der Waals surface area contributed by atoms with Gasteiger partial charge in [-0.05, 0) is 37.1 Å². The third-order valence-electron chi connectivity index (χ3n) is 4.13. The molecular weight excluding hydrogens is 374 g/mol. The number of nitriles is 1. The number of hydrogen-bond donors (Lipinski definition) is 1. The van der Waals surface area contributed by atoms with Gasteiger partial charge in [0.05, 0.1) is 30.7 Å². The lowest BCUT2D eigenvalue weighted by molar-refractivity contribution is -0.115. The molecule has 0 fully saturated rings. The van der Waals surface area contributed by atoms with Gasteiger partial charge in [-0.15, -0.1) is 0 Å². The molecule has 0 aliphatic heterocycles. The molecule has 0 saturated heterocycles. The molecule has 1 heterocycles. The summed E-state index contributed by atoms with van der Waals surface area (Å²) < 4.78 is 10.5. The lowest BCUT2D eigenvalue weighted by Crippen LogP contribution is -2.25. The van der Waals surface area contributed by atoms with Gasteiger partial charge in [-0.2, -0.15) is 5.26 Å². The van der Waals surface area contributed by atoms with Crippen molar-refractivity contribution in [2.45, 2.75) is 43.4 Å². The van der Waals surface area contributed by atoms with E-state index in [0.29, 0.717) is 34.2 Å². The first-order valence-electron chi connectivity index (χ1n) is 9.15. The molecule has 1 aromatic heterocycles. The lowest BCUT2D eigenvalue weighted by atomic mass is 10.2. The Labute approximate surface area is 170 Å². The van der Waals surface area contributed by atoms with E-state index in [-0.39, 0.29) is 11.2 Å². The van der Waals surface area contributed by atoms with Crippen LogP contribution in [0.2, 0.25) is 0 Å². The van der Waals surface area contributed by atoms with Gasteiger partial charge in [-0.3, -0.25) is 4.79 Å². The highest BCUT2D eigenvalue weighted by Gasteiger charge is 2.22. The Morgan fingerprint density at radius 2 is 2.04 bits per heavy atom. The Bertz CT molecular complexity index is 864. The summed E-state index contributed by atoms with van der Waals surface area (Å²) in [6.07, 6.45) is 2.41. The summed E-state index contributed by atoms with van der Waals surface area (Å²) in [5.74, 6) is 1.00. The van der Waals surface area contributed by atoms with E-state index in [4.69, 9.17) is 9.47 Å². The van der Waals surface area contributed by atoms with E-state index in [2.05, 4.69) is 23.3 Å². The molecule has 0 saturated carbocycles. The van der Waals surface area contributed by atoms with Crippen LogP contribution in [0.5, 0.6) is 11.5 Å². The molecule has 7 heteroatoms. The molecule has 2 aromatic rings. The monoisotopic (exact) mass is 399 g/mol. The molecule has 1 unspecified atom stereocenters. The van der Waals surface area contributed by atoms with Crippen molar-refractivity contribution >= 4 is 23.4 Å². The van der Waals surface area contributed by atoms with E-state index in [1.165, 1.54) is 11.8 Å². The minimum atomic E-state index is -0.386. The van der Waals surface area contributed by atoms with E-state index in [9.17, 15) is 10.1 Å². The number of nitrogens with one attached hydrogen (secondary N) is 1. The quantitative estimate of drug-likeness (QED) is 0.628. The van der Waals surface area contributed by atoms with Gasteiger partial charge in [0.2, 0.25) is 5.91 Å². The molecule has 1 N–H and O–H groups in total. The fourth-order valence-corrected chi connectivity index (χ4v) is 3.63. The van der Waals surface area contributed by atoms with Crippen molar-refractivity contribution in [3.63, 3.8) is 0 Å².